The van der Waals surface area contributed by atoms with Gasteiger partial charge in [0.2, 0.25) is 0 Å². The van der Waals surface area contributed by atoms with E-state index in [2.05, 4.69) is 75.4 Å². The SMILES string of the molecule is CC(C)(C)c1ccc(C(O)(Cc2ccccc2)C2CCCC3CCC2CC3)cc1. The van der Waals surface area contributed by atoms with Crippen molar-refractivity contribution < 1.29 is 5.11 Å². The normalized spacial score (nSPS) is 27.1. The highest BCUT2D eigenvalue weighted by molar-refractivity contribution is 5.33. The lowest BCUT2D eigenvalue weighted by atomic mass is 9.62. The molecule has 5 rings (SSSR count). The molecule has 3 saturated carbocycles. The molecule has 0 saturated heterocycles. The molecule has 29 heavy (non-hydrogen) atoms. The van der Waals surface area contributed by atoms with Gasteiger partial charge in [0.25, 0.3) is 0 Å². The van der Waals surface area contributed by atoms with Gasteiger partial charge >= 0.3 is 0 Å². The Bertz CT molecular complexity index is 775. The summed E-state index contributed by atoms with van der Waals surface area (Å²) in [4.78, 5) is 0. The summed E-state index contributed by atoms with van der Waals surface area (Å²) in [5.74, 6) is 1.95. The summed E-state index contributed by atoms with van der Waals surface area (Å²) in [6.07, 6.45) is 9.82. The Morgan fingerprint density at radius 2 is 1.38 bits per heavy atom. The van der Waals surface area contributed by atoms with Gasteiger partial charge in [-0.3, -0.25) is 0 Å². The van der Waals surface area contributed by atoms with Crippen LogP contribution in [0.4, 0.5) is 0 Å². The van der Waals surface area contributed by atoms with Gasteiger partial charge in [-0.25, -0.2) is 0 Å². The summed E-state index contributed by atoms with van der Waals surface area (Å²) < 4.78 is 0. The maximum atomic E-state index is 12.4. The smallest absolute Gasteiger partial charge is 0.0967 e. The van der Waals surface area contributed by atoms with Gasteiger partial charge in [-0.2, -0.15) is 0 Å². The lowest BCUT2D eigenvalue weighted by Gasteiger charge is -2.46. The highest BCUT2D eigenvalue weighted by atomic mass is 16.3. The molecular weight excluding hydrogens is 352 g/mol. The number of aliphatic hydroxyl groups is 1. The van der Waals surface area contributed by atoms with E-state index in [4.69, 9.17) is 0 Å². The van der Waals surface area contributed by atoms with Crippen molar-refractivity contribution in [3.05, 3.63) is 71.3 Å². The van der Waals surface area contributed by atoms with E-state index in [-0.39, 0.29) is 5.41 Å². The van der Waals surface area contributed by atoms with Gasteiger partial charge in [-0.05, 0) is 59.1 Å². The molecule has 0 amide bonds. The summed E-state index contributed by atoms with van der Waals surface area (Å²) in [6.45, 7) is 6.77. The number of fused-ring (bicyclic) bond motifs is 5. The number of benzene rings is 2. The Labute approximate surface area is 177 Å². The van der Waals surface area contributed by atoms with Crippen molar-refractivity contribution in [3.8, 4) is 0 Å². The fourth-order valence-corrected chi connectivity index (χ4v) is 5.98. The standard InChI is InChI=1S/C28H38O/c1-27(2,3)24-16-18-25(19-17-24)28(29,20-22-8-5-4-6-9-22)26-11-7-10-21-12-14-23(26)15-13-21/h4-6,8-9,16-19,21,23,26,29H,7,10-15,20H2,1-3H3. The quantitative estimate of drug-likeness (QED) is 0.594. The number of rotatable bonds is 4. The summed E-state index contributed by atoms with van der Waals surface area (Å²) in [5.41, 5.74) is 3.04. The monoisotopic (exact) mass is 390 g/mol. The first-order valence-corrected chi connectivity index (χ1v) is 11.7. The predicted octanol–water partition coefficient (Wildman–Crippen LogP) is 7.02. The van der Waals surface area contributed by atoms with Gasteiger partial charge in [0.15, 0.2) is 0 Å². The average molecular weight is 391 g/mol. The molecule has 0 heterocycles. The fourth-order valence-electron chi connectivity index (χ4n) is 5.98. The first kappa shape index (κ1) is 20.7. The van der Waals surface area contributed by atoms with Gasteiger partial charge in [0, 0.05) is 6.42 Å². The third-order valence-electron chi connectivity index (χ3n) is 7.77. The third-order valence-corrected chi connectivity index (χ3v) is 7.77. The first-order valence-electron chi connectivity index (χ1n) is 11.7. The molecule has 3 aliphatic rings. The lowest BCUT2D eigenvalue weighted by molar-refractivity contribution is -0.0685. The van der Waals surface area contributed by atoms with Crippen molar-refractivity contribution in [2.45, 2.75) is 83.2 Å². The van der Waals surface area contributed by atoms with Crippen LogP contribution in [0.25, 0.3) is 0 Å². The van der Waals surface area contributed by atoms with Crippen molar-refractivity contribution in [1.29, 1.82) is 0 Å². The molecule has 0 radical (unpaired) electrons. The molecule has 2 aromatic carbocycles. The molecular formula is C28H38O. The average Bonchev–Trinajstić information content (AvgIpc) is 2.69. The minimum Gasteiger partial charge on any atom is -0.385 e. The zero-order valence-electron chi connectivity index (χ0n) is 18.5. The molecule has 2 bridgehead atoms. The molecule has 2 aromatic rings. The van der Waals surface area contributed by atoms with Gasteiger partial charge in [-0.15, -0.1) is 0 Å². The van der Waals surface area contributed by atoms with E-state index in [9.17, 15) is 5.11 Å². The minimum atomic E-state index is -0.785. The summed E-state index contributed by atoms with van der Waals surface area (Å²) in [6, 6.07) is 19.5. The van der Waals surface area contributed by atoms with E-state index in [1.54, 1.807) is 0 Å². The molecule has 0 aromatic heterocycles. The molecule has 2 atom stereocenters. The van der Waals surface area contributed by atoms with Crippen LogP contribution in [0, 0.1) is 17.8 Å². The van der Waals surface area contributed by atoms with E-state index in [1.165, 1.54) is 49.7 Å². The molecule has 1 heteroatoms. The largest absolute Gasteiger partial charge is 0.385 e. The minimum absolute atomic E-state index is 0.134. The second kappa shape index (κ2) is 8.26. The Kier molecular flexibility index (Phi) is 5.89. The van der Waals surface area contributed by atoms with Crippen LogP contribution in [0.1, 0.15) is 82.4 Å². The summed E-state index contributed by atoms with van der Waals surface area (Å²) in [7, 11) is 0. The molecule has 156 valence electrons. The second-order valence-corrected chi connectivity index (χ2v) is 10.7. The maximum absolute atomic E-state index is 12.4. The van der Waals surface area contributed by atoms with Crippen molar-refractivity contribution >= 4 is 0 Å². The topological polar surface area (TPSA) is 20.2 Å². The van der Waals surface area contributed by atoms with Gasteiger partial charge in [0.05, 0.1) is 5.60 Å². The Morgan fingerprint density at radius 3 is 2.00 bits per heavy atom. The summed E-state index contributed by atoms with van der Waals surface area (Å²) in [5, 5.41) is 12.4. The van der Waals surface area contributed by atoms with Crippen molar-refractivity contribution in [1.82, 2.24) is 0 Å². The van der Waals surface area contributed by atoms with Crippen LogP contribution < -0.4 is 0 Å². The van der Waals surface area contributed by atoms with Crippen LogP contribution in [0.3, 0.4) is 0 Å². The number of hydrogen-bond acceptors (Lipinski definition) is 1. The van der Waals surface area contributed by atoms with Crippen LogP contribution in [0.2, 0.25) is 0 Å². The highest BCUT2D eigenvalue weighted by Gasteiger charge is 2.44. The van der Waals surface area contributed by atoms with Crippen molar-refractivity contribution in [2.75, 3.05) is 0 Å². The van der Waals surface area contributed by atoms with Gasteiger partial charge in [0.1, 0.15) is 0 Å². The van der Waals surface area contributed by atoms with E-state index < -0.39 is 5.60 Å². The van der Waals surface area contributed by atoms with E-state index in [0.717, 1.165) is 17.9 Å². The van der Waals surface area contributed by atoms with Crippen LogP contribution in [0.15, 0.2) is 54.6 Å². The van der Waals surface area contributed by atoms with Crippen LogP contribution in [0.5, 0.6) is 0 Å². The van der Waals surface area contributed by atoms with Crippen molar-refractivity contribution in [3.63, 3.8) is 0 Å². The Morgan fingerprint density at radius 1 is 0.759 bits per heavy atom. The Balaban J connectivity index is 1.72. The summed E-state index contributed by atoms with van der Waals surface area (Å²) >= 11 is 0. The van der Waals surface area contributed by atoms with E-state index in [1.807, 2.05) is 0 Å². The molecule has 2 unspecified atom stereocenters. The third kappa shape index (κ3) is 4.45. The van der Waals surface area contributed by atoms with Gasteiger partial charge < -0.3 is 5.11 Å². The first-order chi connectivity index (χ1) is 13.9. The van der Waals surface area contributed by atoms with Gasteiger partial charge in [-0.1, -0.05) is 101 Å². The molecule has 0 aliphatic heterocycles. The molecule has 3 fully saturated rings. The van der Waals surface area contributed by atoms with Crippen LogP contribution in [-0.4, -0.2) is 5.11 Å². The zero-order valence-corrected chi connectivity index (χ0v) is 18.5. The predicted molar refractivity (Wildman–Crippen MR) is 122 cm³/mol. The van der Waals surface area contributed by atoms with E-state index in [0.29, 0.717) is 18.3 Å². The van der Waals surface area contributed by atoms with Crippen LogP contribution in [-0.2, 0) is 17.4 Å². The van der Waals surface area contributed by atoms with Crippen LogP contribution >= 0.6 is 0 Å². The zero-order chi connectivity index (χ0) is 20.5. The second-order valence-electron chi connectivity index (χ2n) is 10.7. The Hall–Kier alpha value is -1.60. The molecule has 3 aliphatic carbocycles. The molecule has 1 N–H and O–H groups in total. The molecule has 1 nitrogen and oxygen atoms in total. The fraction of sp³-hybridized carbons (Fsp3) is 0.571. The van der Waals surface area contributed by atoms with E-state index >= 15 is 0 Å². The lowest BCUT2D eigenvalue weighted by Crippen LogP contribution is -2.43. The van der Waals surface area contributed by atoms with Crippen molar-refractivity contribution in [2.24, 2.45) is 17.8 Å². The maximum Gasteiger partial charge on any atom is 0.0967 e. The molecule has 0 spiro atoms. The highest BCUT2D eigenvalue weighted by Crippen LogP contribution is 2.49. The number of hydrogen-bond donors (Lipinski definition) is 1.